The summed E-state index contributed by atoms with van der Waals surface area (Å²) in [6, 6.07) is 15.7. The number of carbonyl (C=O) groups is 2. The normalized spacial score (nSPS) is 13.5. The van der Waals surface area contributed by atoms with Crippen molar-refractivity contribution in [3.63, 3.8) is 0 Å². The molecular weight excluding hydrogens is 408 g/mol. The molecule has 0 fully saturated rings. The first-order valence-electron chi connectivity index (χ1n) is 10.0. The molecular formula is C26H22O6. The number of aryl methyl sites for hydroxylation is 1. The van der Waals surface area contributed by atoms with Gasteiger partial charge in [-0.2, -0.15) is 0 Å². The Morgan fingerprint density at radius 2 is 1.66 bits per heavy atom. The number of methoxy groups -OCH3 is 2. The zero-order valence-electron chi connectivity index (χ0n) is 18.2. The van der Waals surface area contributed by atoms with Crippen LogP contribution in [0.4, 0.5) is 0 Å². The SMILES string of the molecule is COc1cccc(/C=C2\Oc3c(ccc(OC(=O)c4ccc(C)cc4)c3C)C2=O)c1OC. The minimum Gasteiger partial charge on any atom is -0.493 e. The largest absolute Gasteiger partial charge is 0.493 e. The van der Waals surface area contributed by atoms with Crippen molar-refractivity contribution in [3.05, 3.63) is 88.2 Å². The van der Waals surface area contributed by atoms with Crippen molar-refractivity contribution in [1.82, 2.24) is 0 Å². The maximum atomic E-state index is 12.9. The molecule has 0 atom stereocenters. The smallest absolute Gasteiger partial charge is 0.343 e. The summed E-state index contributed by atoms with van der Waals surface area (Å²) in [5, 5.41) is 0. The van der Waals surface area contributed by atoms with E-state index in [1.165, 1.54) is 7.11 Å². The van der Waals surface area contributed by atoms with E-state index >= 15 is 0 Å². The number of hydrogen-bond donors (Lipinski definition) is 0. The van der Waals surface area contributed by atoms with Crippen molar-refractivity contribution in [2.24, 2.45) is 0 Å². The Morgan fingerprint density at radius 3 is 2.34 bits per heavy atom. The topological polar surface area (TPSA) is 71.1 Å². The van der Waals surface area contributed by atoms with Crippen LogP contribution in [0.15, 0.2) is 60.4 Å². The summed E-state index contributed by atoms with van der Waals surface area (Å²) in [5.74, 6) is 1.17. The average molecular weight is 430 g/mol. The Morgan fingerprint density at radius 1 is 0.906 bits per heavy atom. The summed E-state index contributed by atoms with van der Waals surface area (Å²) < 4.78 is 22.2. The predicted octanol–water partition coefficient (Wildman–Crippen LogP) is 5.16. The third-order valence-electron chi connectivity index (χ3n) is 5.25. The highest BCUT2D eigenvalue weighted by Crippen LogP contribution is 2.40. The van der Waals surface area contributed by atoms with Gasteiger partial charge in [0.05, 0.1) is 25.3 Å². The molecule has 1 aliphatic rings. The van der Waals surface area contributed by atoms with E-state index in [-0.39, 0.29) is 11.5 Å². The fraction of sp³-hybridized carbons (Fsp3) is 0.154. The van der Waals surface area contributed by atoms with Crippen LogP contribution in [-0.2, 0) is 0 Å². The summed E-state index contributed by atoms with van der Waals surface area (Å²) in [6.45, 7) is 3.69. The second kappa shape index (κ2) is 8.59. The molecule has 162 valence electrons. The number of rotatable bonds is 5. The summed E-state index contributed by atoms with van der Waals surface area (Å²) in [4.78, 5) is 25.4. The second-order valence-electron chi connectivity index (χ2n) is 7.34. The molecule has 0 radical (unpaired) electrons. The lowest BCUT2D eigenvalue weighted by atomic mass is 10.1. The average Bonchev–Trinajstić information content (AvgIpc) is 3.11. The quantitative estimate of drug-likeness (QED) is 0.316. The number of allylic oxidation sites excluding steroid dienone is 1. The molecule has 3 aromatic carbocycles. The molecule has 0 amide bonds. The number of esters is 1. The second-order valence-corrected chi connectivity index (χ2v) is 7.34. The molecule has 0 bridgehead atoms. The minimum absolute atomic E-state index is 0.150. The summed E-state index contributed by atoms with van der Waals surface area (Å²) in [7, 11) is 3.08. The van der Waals surface area contributed by atoms with Gasteiger partial charge in [0.1, 0.15) is 11.5 Å². The van der Waals surface area contributed by atoms with E-state index in [9.17, 15) is 9.59 Å². The fourth-order valence-electron chi connectivity index (χ4n) is 3.49. The Bertz CT molecular complexity index is 1240. The predicted molar refractivity (Wildman–Crippen MR) is 120 cm³/mol. The summed E-state index contributed by atoms with van der Waals surface area (Å²) in [5.41, 5.74) is 3.11. The molecule has 6 nitrogen and oxygen atoms in total. The van der Waals surface area contributed by atoms with Crippen LogP contribution in [0, 0.1) is 13.8 Å². The van der Waals surface area contributed by atoms with E-state index in [0.717, 1.165) is 5.56 Å². The first kappa shape index (κ1) is 21.2. The van der Waals surface area contributed by atoms with Crippen molar-refractivity contribution in [1.29, 1.82) is 0 Å². The molecule has 0 aromatic heterocycles. The number of fused-ring (bicyclic) bond motifs is 1. The maximum absolute atomic E-state index is 12.9. The minimum atomic E-state index is -0.478. The van der Waals surface area contributed by atoms with Gasteiger partial charge in [-0.15, -0.1) is 0 Å². The number of hydrogen-bond acceptors (Lipinski definition) is 6. The van der Waals surface area contributed by atoms with Gasteiger partial charge in [-0.05, 0) is 50.3 Å². The third-order valence-corrected chi connectivity index (χ3v) is 5.25. The van der Waals surface area contributed by atoms with Crippen LogP contribution in [0.25, 0.3) is 6.08 Å². The van der Waals surface area contributed by atoms with Crippen molar-refractivity contribution >= 4 is 17.8 Å². The van der Waals surface area contributed by atoms with Crippen LogP contribution in [0.5, 0.6) is 23.0 Å². The van der Waals surface area contributed by atoms with Gasteiger partial charge in [-0.3, -0.25) is 4.79 Å². The Hall–Kier alpha value is -4.06. The molecule has 0 aliphatic carbocycles. The lowest BCUT2D eigenvalue weighted by Crippen LogP contribution is -2.09. The van der Waals surface area contributed by atoms with Crippen molar-refractivity contribution in [3.8, 4) is 23.0 Å². The third kappa shape index (κ3) is 3.83. The fourth-order valence-corrected chi connectivity index (χ4v) is 3.49. The summed E-state index contributed by atoms with van der Waals surface area (Å²) >= 11 is 0. The van der Waals surface area contributed by atoms with Crippen molar-refractivity contribution in [2.75, 3.05) is 14.2 Å². The van der Waals surface area contributed by atoms with Crippen molar-refractivity contribution in [2.45, 2.75) is 13.8 Å². The van der Waals surface area contributed by atoms with E-state index in [1.54, 1.807) is 62.6 Å². The lowest BCUT2D eigenvalue weighted by molar-refractivity contribution is 0.0733. The van der Waals surface area contributed by atoms with Crippen LogP contribution in [-0.4, -0.2) is 26.0 Å². The highest BCUT2D eigenvalue weighted by molar-refractivity contribution is 6.15. The van der Waals surface area contributed by atoms with Crippen molar-refractivity contribution < 1.29 is 28.5 Å². The molecule has 0 unspecified atom stereocenters. The summed E-state index contributed by atoms with van der Waals surface area (Å²) in [6.07, 6.45) is 1.61. The number of ketones is 1. The van der Waals surface area contributed by atoms with Gasteiger partial charge in [-0.1, -0.05) is 29.8 Å². The Balaban J connectivity index is 1.63. The van der Waals surface area contributed by atoms with E-state index in [1.807, 2.05) is 19.1 Å². The molecule has 0 saturated carbocycles. The van der Waals surface area contributed by atoms with E-state index in [2.05, 4.69) is 0 Å². The first-order valence-corrected chi connectivity index (χ1v) is 10.0. The van der Waals surface area contributed by atoms with Crippen LogP contribution >= 0.6 is 0 Å². The Labute approximate surface area is 186 Å². The molecule has 0 N–H and O–H groups in total. The maximum Gasteiger partial charge on any atom is 0.343 e. The molecule has 3 aromatic rings. The first-order chi connectivity index (χ1) is 15.4. The zero-order chi connectivity index (χ0) is 22.8. The van der Waals surface area contributed by atoms with Crippen LogP contribution in [0.2, 0.25) is 0 Å². The molecule has 0 saturated heterocycles. The van der Waals surface area contributed by atoms with Gasteiger partial charge in [0, 0.05) is 11.1 Å². The number of benzene rings is 3. The lowest BCUT2D eigenvalue weighted by Gasteiger charge is -2.11. The standard InChI is InChI=1S/C26H22O6/c1-15-8-10-17(11-9-15)26(28)32-20-13-12-19-23(27)22(31-24(19)16(20)2)14-18-6-5-7-21(29-3)25(18)30-4/h5-14H,1-4H3/b22-14-. The molecule has 1 aliphatic heterocycles. The van der Waals surface area contributed by atoms with Crippen LogP contribution < -0.4 is 18.9 Å². The van der Waals surface area contributed by atoms with Gasteiger partial charge >= 0.3 is 5.97 Å². The molecule has 4 rings (SSSR count). The molecule has 32 heavy (non-hydrogen) atoms. The van der Waals surface area contributed by atoms with Gasteiger partial charge in [0.2, 0.25) is 5.78 Å². The Kier molecular flexibility index (Phi) is 5.69. The van der Waals surface area contributed by atoms with Gasteiger partial charge in [-0.25, -0.2) is 4.79 Å². The van der Waals surface area contributed by atoms with Gasteiger partial charge < -0.3 is 18.9 Å². The van der Waals surface area contributed by atoms with Crippen LogP contribution in [0.1, 0.15) is 37.4 Å². The molecule has 6 heteroatoms. The monoisotopic (exact) mass is 430 g/mol. The van der Waals surface area contributed by atoms with Gasteiger partial charge in [0.15, 0.2) is 17.3 Å². The van der Waals surface area contributed by atoms with Gasteiger partial charge in [0.25, 0.3) is 0 Å². The van der Waals surface area contributed by atoms with E-state index < -0.39 is 5.97 Å². The number of carbonyl (C=O) groups excluding carboxylic acids is 2. The molecule has 1 heterocycles. The highest BCUT2D eigenvalue weighted by Gasteiger charge is 2.31. The number of ether oxygens (including phenoxy) is 4. The zero-order valence-corrected chi connectivity index (χ0v) is 18.2. The number of para-hydroxylation sites is 1. The molecule has 0 spiro atoms. The highest BCUT2D eigenvalue weighted by atomic mass is 16.5. The number of Topliss-reactive ketones (excluding diaryl/α,β-unsaturated/α-hetero) is 1. The van der Waals surface area contributed by atoms with E-state index in [0.29, 0.717) is 45.3 Å². The van der Waals surface area contributed by atoms with E-state index in [4.69, 9.17) is 18.9 Å². The van der Waals surface area contributed by atoms with Crippen LogP contribution in [0.3, 0.4) is 0 Å².